The number of hydrogen-bond acceptors (Lipinski definition) is 0. The predicted octanol–water partition coefficient (Wildman–Crippen LogP) is 8.02. The number of fused-ring (bicyclic) bond motifs is 1. The van der Waals surface area contributed by atoms with E-state index in [-0.39, 0.29) is 26.2 Å². The third-order valence-corrected chi connectivity index (χ3v) is 8.62. The monoisotopic (exact) mass is 472 g/mol. The van der Waals surface area contributed by atoms with E-state index in [0.717, 1.165) is 17.8 Å². The Bertz CT molecular complexity index is 927. The quantitative estimate of drug-likeness (QED) is 0.422. The van der Waals surface area contributed by atoms with E-state index in [2.05, 4.69) is 62.4 Å². The van der Waals surface area contributed by atoms with Crippen LogP contribution in [0.4, 0.5) is 0 Å². The molecule has 5 aliphatic carbocycles. The molecule has 7 rings (SSSR count). The summed E-state index contributed by atoms with van der Waals surface area (Å²) < 4.78 is 0. The fourth-order valence-electron chi connectivity index (χ4n) is 7.84. The van der Waals surface area contributed by atoms with Crippen LogP contribution in [0.1, 0.15) is 81.4 Å². The van der Waals surface area contributed by atoms with Gasteiger partial charge in [-0.2, -0.15) is 0 Å². The first kappa shape index (κ1) is 20.9. The summed E-state index contributed by atoms with van der Waals surface area (Å²) in [6.45, 7) is 4.55. The number of hydrogen-bond donors (Lipinski definition) is 0. The van der Waals surface area contributed by atoms with E-state index in [1.807, 2.05) is 0 Å². The Kier molecular flexibility index (Phi) is 5.50. The van der Waals surface area contributed by atoms with Gasteiger partial charge in [-0.3, -0.25) is 0 Å². The SMILES string of the molecule is CC(C)c1ccc(-c2cccc3c2C=C(CC24CC5CC(CC(C5)C2)C4)C3)cc1.[Zr]. The Morgan fingerprint density at radius 2 is 1.50 bits per heavy atom. The second kappa shape index (κ2) is 7.88. The van der Waals surface area contributed by atoms with Crippen LogP contribution in [0.5, 0.6) is 0 Å². The van der Waals surface area contributed by atoms with E-state index in [0.29, 0.717) is 11.3 Å². The van der Waals surface area contributed by atoms with Crippen molar-refractivity contribution in [1.82, 2.24) is 0 Å². The predicted molar refractivity (Wildman–Crippen MR) is 123 cm³/mol. The van der Waals surface area contributed by atoms with Crippen LogP contribution in [0.15, 0.2) is 48.0 Å². The van der Waals surface area contributed by atoms with E-state index in [9.17, 15) is 0 Å². The third kappa shape index (κ3) is 3.64. The molecule has 0 nitrogen and oxygen atoms in total. The van der Waals surface area contributed by atoms with Crippen LogP contribution in [0.2, 0.25) is 0 Å². The Morgan fingerprint density at radius 1 is 0.867 bits per heavy atom. The first-order chi connectivity index (χ1) is 14.1. The molecule has 0 aromatic heterocycles. The fourth-order valence-corrected chi connectivity index (χ4v) is 7.84. The molecule has 2 aromatic carbocycles. The molecule has 4 bridgehead atoms. The van der Waals surface area contributed by atoms with Crippen molar-refractivity contribution >= 4 is 6.08 Å². The standard InChI is InChI=1S/C29H34.Zr/c1-19(2)24-6-8-25(9-7-24)27-5-3-4-26-13-23(14-28(26)27)18-29-15-20-10-21(16-29)12-22(11-20)17-29;/h3-9,14,19-22H,10-13,15-18H2,1-2H3;. The molecule has 1 heteroatoms. The van der Waals surface area contributed by atoms with Gasteiger partial charge < -0.3 is 0 Å². The van der Waals surface area contributed by atoms with Crippen molar-refractivity contribution in [2.75, 3.05) is 0 Å². The minimum Gasteiger partial charge on any atom is -0.0646 e. The molecule has 30 heavy (non-hydrogen) atoms. The molecular weight excluding hydrogens is 440 g/mol. The Morgan fingerprint density at radius 3 is 2.10 bits per heavy atom. The van der Waals surface area contributed by atoms with Crippen LogP contribution in [-0.4, -0.2) is 0 Å². The largest absolute Gasteiger partial charge is 0.0646 e. The van der Waals surface area contributed by atoms with Crippen LogP contribution >= 0.6 is 0 Å². The minimum absolute atomic E-state index is 0. The Hall–Kier alpha value is -0.937. The zero-order valence-electron chi connectivity index (χ0n) is 18.6. The normalized spacial score (nSPS) is 30.9. The van der Waals surface area contributed by atoms with Gasteiger partial charge in [0.05, 0.1) is 0 Å². The summed E-state index contributed by atoms with van der Waals surface area (Å²) in [5, 5.41) is 0. The van der Waals surface area contributed by atoms with Crippen molar-refractivity contribution in [1.29, 1.82) is 0 Å². The third-order valence-electron chi connectivity index (χ3n) is 8.62. The molecule has 5 aliphatic rings. The molecule has 4 fully saturated rings. The van der Waals surface area contributed by atoms with E-state index in [1.165, 1.54) is 54.4 Å². The summed E-state index contributed by atoms with van der Waals surface area (Å²) in [5.74, 6) is 3.76. The van der Waals surface area contributed by atoms with Crippen molar-refractivity contribution in [2.45, 2.75) is 71.1 Å². The first-order valence-electron chi connectivity index (χ1n) is 12.0. The van der Waals surface area contributed by atoms with Crippen molar-refractivity contribution in [2.24, 2.45) is 23.2 Å². The zero-order chi connectivity index (χ0) is 19.6. The van der Waals surface area contributed by atoms with Gasteiger partial charge in [-0.1, -0.05) is 68.0 Å². The maximum absolute atomic E-state index is 2.58. The molecule has 0 atom stereocenters. The molecular formula is C29H34Zr. The molecule has 0 N–H and O–H groups in total. The van der Waals surface area contributed by atoms with Gasteiger partial charge in [-0.05, 0) is 108 Å². The molecule has 0 spiro atoms. The van der Waals surface area contributed by atoms with Gasteiger partial charge >= 0.3 is 0 Å². The summed E-state index contributed by atoms with van der Waals surface area (Å²) in [6.07, 6.45) is 14.4. The van der Waals surface area contributed by atoms with Crippen LogP contribution in [0.25, 0.3) is 17.2 Å². The van der Waals surface area contributed by atoms with Gasteiger partial charge in [-0.15, -0.1) is 0 Å². The van der Waals surface area contributed by atoms with Gasteiger partial charge in [0.2, 0.25) is 0 Å². The van der Waals surface area contributed by atoms with Crippen molar-refractivity contribution < 1.29 is 26.2 Å². The smallest absolute Gasteiger partial charge is 0 e. The Labute approximate surface area is 201 Å². The molecule has 0 aliphatic heterocycles. The average Bonchev–Trinajstić information content (AvgIpc) is 3.08. The molecule has 2 aromatic rings. The van der Waals surface area contributed by atoms with Gasteiger partial charge in [0.15, 0.2) is 0 Å². The van der Waals surface area contributed by atoms with Gasteiger partial charge in [0.1, 0.15) is 0 Å². The maximum Gasteiger partial charge on any atom is 0 e. The summed E-state index contributed by atoms with van der Waals surface area (Å²) in [7, 11) is 0. The van der Waals surface area contributed by atoms with E-state index < -0.39 is 0 Å². The van der Waals surface area contributed by atoms with Crippen LogP contribution in [0.3, 0.4) is 0 Å². The molecule has 0 heterocycles. The van der Waals surface area contributed by atoms with E-state index in [4.69, 9.17) is 0 Å². The summed E-state index contributed by atoms with van der Waals surface area (Å²) >= 11 is 0. The molecule has 4 saturated carbocycles. The number of allylic oxidation sites excluding steroid dienone is 1. The maximum atomic E-state index is 2.58. The molecule has 0 unspecified atom stereocenters. The van der Waals surface area contributed by atoms with Crippen molar-refractivity contribution in [3.05, 3.63) is 64.7 Å². The molecule has 0 saturated heterocycles. The second-order valence-electron chi connectivity index (χ2n) is 11.2. The van der Waals surface area contributed by atoms with Crippen LogP contribution in [0, 0.1) is 23.2 Å². The minimum atomic E-state index is 0. The molecule has 0 radical (unpaired) electrons. The number of benzene rings is 2. The van der Waals surface area contributed by atoms with Gasteiger partial charge in [-0.25, -0.2) is 0 Å². The first-order valence-corrected chi connectivity index (χ1v) is 12.0. The topological polar surface area (TPSA) is 0 Å². The number of rotatable bonds is 4. The van der Waals surface area contributed by atoms with Crippen LogP contribution in [-0.2, 0) is 32.6 Å². The zero-order valence-corrected chi connectivity index (χ0v) is 21.0. The summed E-state index contributed by atoms with van der Waals surface area (Å²) in [6, 6.07) is 16.2. The van der Waals surface area contributed by atoms with Crippen molar-refractivity contribution in [3.63, 3.8) is 0 Å². The van der Waals surface area contributed by atoms with Gasteiger partial charge in [0.25, 0.3) is 0 Å². The Balaban J connectivity index is 0.00000193. The van der Waals surface area contributed by atoms with E-state index >= 15 is 0 Å². The summed E-state index contributed by atoms with van der Waals surface area (Å²) in [5.41, 5.74) is 9.66. The van der Waals surface area contributed by atoms with Crippen LogP contribution < -0.4 is 0 Å². The van der Waals surface area contributed by atoms with Gasteiger partial charge in [0, 0.05) is 26.2 Å². The second-order valence-corrected chi connectivity index (χ2v) is 11.2. The molecule has 154 valence electrons. The van der Waals surface area contributed by atoms with Crippen molar-refractivity contribution in [3.8, 4) is 11.1 Å². The van der Waals surface area contributed by atoms with E-state index in [1.54, 1.807) is 30.4 Å². The summed E-state index contributed by atoms with van der Waals surface area (Å²) in [4.78, 5) is 0. The molecule has 0 amide bonds. The fraction of sp³-hybridized carbons (Fsp3) is 0.517. The average molecular weight is 474 g/mol.